The van der Waals surface area contributed by atoms with Gasteiger partial charge in [-0.2, -0.15) is 0 Å². The average molecular weight is 353 g/mol. The fourth-order valence-corrected chi connectivity index (χ4v) is 3.75. The first-order valence-corrected chi connectivity index (χ1v) is 8.90. The molecule has 3 aromatic rings. The molecule has 0 radical (unpaired) electrons. The normalized spacial score (nSPS) is 16.4. The van der Waals surface area contributed by atoms with Gasteiger partial charge in [0, 0.05) is 26.3 Å². The second-order valence-electron chi connectivity index (χ2n) is 7.12. The Morgan fingerprint density at radius 3 is 2.69 bits per heavy atom. The third-order valence-electron chi connectivity index (χ3n) is 5.48. The maximum Gasteiger partial charge on any atom is 0.270 e. The van der Waals surface area contributed by atoms with Gasteiger partial charge in [0.2, 0.25) is 0 Å². The summed E-state index contributed by atoms with van der Waals surface area (Å²) < 4.78 is 3.24. The molecular formula is C19H23N5O2. The van der Waals surface area contributed by atoms with Gasteiger partial charge in [0.25, 0.3) is 11.5 Å². The quantitative estimate of drug-likeness (QED) is 0.698. The van der Waals surface area contributed by atoms with E-state index >= 15 is 0 Å². The molecule has 0 saturated carbocycles. The van der Waals surface area contributed by atoms with E-state index in [1.54, 1.807) is 36.0 Å². The average Bonchev–Trinajstić information content (AvgIpc) is 2.98. The van der Waals surface area contributed by atoms with Crippen LogP contribution in [0.15, 0.2) is 35.3 Å². The molecule has 1 fully saturated rings. The first kappa shape index (κ1) is 16.8. The van der Waals surface area contributed by atoms with E-state index < -0.39 is 0 Å². The van der Waals surface area contributed by atoms with Crippen molar-refractivity contribution in [3.05, 3.63) is 46.5 Å². The van der Waals surface area contributed by atoms with Gasteiger partial charge in [-0.1, -0.05) is 6.07 Å². The van der Waals surface area contributed by atoms with Crippen molar-refractivity contribution in [1.29, 1.82) is 0 Å². The summed E-state index contributed by atoms with van der Waals surface area (Å²) in [5, 5.41) is 0.469. The van der Waals surface area contributed by atoms with Crippen molar-refractivity contribution in [3.63, 3.8) is 0 Å². The van der Waals surface area contributed by atoms with E-state index in [4.69, 9.17) is 0 Å². The van der Waals surface area contributed by atoms with Crippen molar-refractivity contribution < 1.29 is 4.79 Å². The second kappa shape index (κ2) is 6.25. The van der Waals surface area contributed by atoms with Gasteiger partial charge in [0.05, 0.1) is 5.39 Å². The van der Waals surface area contributed by atoms with Crippen molar-refractivity contribution in [2.45, 2.75) is 18.9 Å². The molecule has 1 saturated heterocycles. The summed E-state index contributed by atoms with van der Waals surface area (Å²) in [6, 6.07) is 7.34. The van der Waals surface area contributed by atoms with Gasteiger partial charge >= 0.3 is 0 Å². The zero-order chi connectivity index (χ0) is 18.4. The van der Waals surface area contributed by atoms with E-state index in [1.807, 2.05) is 18.0 Å². The van der Waals surface area contributed by atoms with Crippen molar-refractivity contribution in [2.75, 3.05) is 27.2 Å². The molecule has 1 aliphatic rings. The minimum Gasteiger partial charge on any atom is -0.337 e. The van der Waals surface area contributed by atoms with Gasteiger partial charge in [-0.05, 0) is 51.2 Å². The summed E-state index contributed by atoms with van der Waals surface area (Å²) in [5.74, 6) is -0.0616. The zero-order valence-corrected chi connectivity index (χ0v) is 15.3. The summed E-state index contributed by atoms with van der Waals surface area (Å²) in [4.78, 5) is 34.5. The minimum atomic E-state index is -0.151. The first-order chi connectivity index (χ1) is 12.5. The van der Waals surface area contributed by atoms with E-state index in [9.17, 15) is 9.59 Å². The number of piperidine rings is 1. The molecule has 3 aromatic heterocycles. The lowest BCUT2D eigenvalue weighted by molar-refractivity contribution is 0.0650. The lowest BCUT2D eigenvalue weighted by Gasteiger charge is -2.35. The van der Waals surface area contributed by atoms with Crippen LogP contribution < -0.4 is 5.56 Å². The maximum atomic E-state index is 13.1. The topological polar surface area (TPSA) is 62.9 Å². The van der Waals surface area contributed by atoms with Crippen LogP contribution in [-0.2, 0) is 7.05 Å². The molecule has 0 unspecified atom stereocenters. The number of aromatic nitrogens is 3. The van der Waals surface area contributed by atoms with Crippen molar-refractivity contribution in [3.8, 4) is 0 Å². The predicted octanol–water partition coefficient (Wildman–Crippen LogP) is 1.35. The molecule has 136 valence electrons. The molecule has 4 rings (SSSR count). The van der Waals surface area contributed by atoms with Gasteiger partial charge in [-0.15, -0.1) is 0 Å². The Kier molecular flexibility index (Phi) is 4.03. The minimum absolute atomic E-state index is 0.0616. The van der Waals surface area contributed by atoms with Gasteiger partial charge in [-0.3, -0.25) is 14.0 Å². The molecule has 7 heteroatoms. The van der Waals surface area contributed by atoms with Gasteiger partial charge in [0.1, 0.15) is 17.0 Å². The molecule has 26 heavy (non-hydrogen) atoms. The Morgan fingerprint density at radius 2 is 1.96 bits per heavy atom. The van der Waals surface area contributed by atoms with Crippen molar-refractivity contribution >= 4 is 22.6 Å². The van der Waals surface area contributed by atoms with Crippen LogP contribution in [-0.4, -0.2) is 62.9 Å². The van der Waals surface area contributed by atoms with E-state index in [0.29, 0.717) is 22.4 Å². The molecule has 7 nitrogen and oxygen atoms in total. The number of pyridine rings is 1. The van der Waals surface area contributed by atoms with Crippen LogP contribution in [0.25, 0.3) is 16.7 Å². The Morgan fingerprint density at radius 1 is 1.23 bits per heavy atom. The molecule has 0 spiro atoms. The molecule has 1 aliphatic heterocycles. The lowest BCUT2D eigenvalue weighted by Crippen LogP contribution is -2.44. The maximum absolute atomic E-state index is 13.1. The number of fused-ring (bicyclic) bond motifs is 2. The number of hydrogen-bond acceptors (Lipinski definition) is 4. The summed E-state index contributed by atoms with van der Waals surface area (Å²) in [6.07, 6.45) is 3.63. The zero-order valence-electron chi connectivity index (χ0n) is 15.3. The van der Waals surface area contributed by atoms with Gasteiger partial charge in [-0.25, -0.2) is 4.98 Å². The van der Waals surface area contributed by atoms with Gasteiger partial charge in [0.15, 0.2) is 0 Å². The number of hydrogen-bond donors (Lipinski definition) is 0. The predicted molar refractivity (Wildman–Crippen MR) is 101 cm³/mol. The largest absolute Gasteiger partial charge is 0.337 e. The number of amides is 1. The molecule has 1 amide bonds. The van der Waals surface area contributed by atoms with Crippen LogP contribution in [0.3, 0.4) is 0 Å². The molecular weight excluding hydrogens is 330 g/mol. The first-order valence-electron chi connectivity index (χ1n) is 8.90. The monoisotopic (exact) mass is 353 g/mol. The molecule has 0 bridgehead atoms. The van der Waals surface area contributed by atoms with Crippen LogP contribution in [0.5, 0.6) is 0 Å². The van der Waals surface area contributed by atoms with Crippen molar-refractivity contribution in [1.82, 2.24) is 23.8 Å². The SMILES string of the molecule is CN1CCC(N(C)C(=O)c2cc3c(=O)n4ccccc4nc3n2C)CC1. The highest BCUT2D eigenvalue weighted by molar-refractivity contribution is 5.98. The molecule has 0 atom stereocenters. The number of likely N-dealkylation sites (tertiary alicyclic amines) is 1. The van der Waals surface area contributed by atoms with Crippen LogP contribution in [0.2, 0.25) is 0 Å². The fraction of sp³-hybridized carbons (Fsp3) is 0.421. The third-order valence-corrected chi connectivity index (χ3v) is 5.48. The van der Waals surface area contributed by atoms with Crippen LogP contribution >= 0.6 is 0 Å². The molecule has 0 aliphatic carbocycles. The van der Waals surface area contributed by atoms with Crippen molar-refractivity contribution in [2.24, 2.45) is 7.05 Å². The molecule has 0 N–H and O–H groups in total. The Bertz CT molecular complexity index is 1040. The number of rotatable bonds is 2. The van der Waals surface area contributed by atoms with Crippen LogP contribution in [0.4, 0.5) is 0 Å². The molecule has 0 aromatic carbocycles. The van der Waals surface area contributed by atoms with E-state index in [-0.39, 0.29) is 17.5 Å². The van der Waals surface area contributed by atoms with Crippen LogP contribution in [0, 0.1) is 0 Å². The summed E-state index contributed by atoms with van der Waals surface area (Å²) in [5.41, 5.74) is 1.47. The smallest absolute Gasteiger partial charge is 0.270 e. The van der Waals surface area contributed by atoms with E-state index in [1.165, 1.54) is 4.40 Å². The van der Waals surface area contributed by atoms with E-state index in [2.05, 4.69) is 16.9 Å². The van der Waals surface area contributed by atoms with Crippen LogP contribution in [0.1, 0.15) is 23.3 Å². The highest BCUT2D eigenvalue weighted by Gasteiger charge is 2.27. The Balaban J connectivity index is 1.75. The second-order valence-corrected chi connectivity index (χ2v) is 7.12. The number of carbonyl (C=O) groups is 1. The third kappa shape index (κ3) is 2.59. The summed E-state index contributed by atoms with van der Waals surface area (Å²) in [6.45, 7) is 1.98. The Hall–Kier alpha value is -2.67. The highest BCUT2D eigenvalue weighted by Crippen LogP contribution is 2.20. The number of nitrogens with zero attached hydrogens (tertiary/aromatic N) is 5. The highest BCUT2D eigenvalue weighted by atomic mass is 16.2. The molecule has 4 heterocycles. The lowest BCUT2D eigenvalue weighted by atomic mass is 10.0. The Labute approximate surface area is 151 Å². The van der Waals surface area contributed by atoms with Gasteiger partial charge < -0.3 is 14.4 Å². The van der Waals surface area contributed by atoms with E-state index in [0.717, 1.165) is 25.9 Å². The number of aryl methyl sites for hydroxylation is 1. The summed E-state index contributed by atoms with van der Waals surface area (Å²) in [7, 11) is 5.75. The standard InChI is InChI=1S/C19H23N5O2/c1-21-10-7-13(8-11-21)22(2)19(26)15-12-14-17(23(15)3)20-16-6-4-5-9-24(16)18(14)25/h4-6,9,12-13H,7-8,10-11H2,1-3H3. The number of carbonyl (C=O) groups excluding carboxylic acids is 1. The fourth-order valence-electron chi connectivity index (χ4n) is 3.75. The summed E-state index contributed by atoms with van der Waals surface area (Å²) >= 11 is 0.